The summed E-state index contributed by atoms with van der Waals surface area (Å²) in [4.78, 5) is 16.5. The van der Waals surface area contributed by atoms with Gasteiger partial charge in [0.05, 0.1) is 0 Å². The van der Waals surface area contributed by atoms with Crippen molar-refractivity contribution >= 4 is 7.60 Å². The normalized spacial score (nSPS) is 9.62. The summed E-state index contributed by atoms with van der Waals surface area (Å²) in [6.07, 6.45) is 1.49. The Balaban J connectivity index is -0.0000000733. The monoisotopic (exact) mass is 222 g/mol. The number of hydrogen-bond donors (Lipinski definition) is 4. The number of hydrogen-bond acceptors (Lipinski definition) is 3. The van der Waals surface area contributed by atoms with Crippen LogP contribution in [0.2, 0.25) is 0 Å². The van der Waals surface area contributed by atoms with Crippen LogP contribution in [0.5, 0.6) is 0 Å². The first-order chi connectivity index (χ1) is 5.47. The average molecular weight is 222 g/mol. The molecule has 0 saturated carbocycles. The molecular weight excluding hydrogens is 202 g/mol. The maximum atomic E-state index is 10.1. The predicted octanol–water partition coefficient (Wildman–Crippen LogP) is -3.02. The summed E-state index contributed by atoms with van der Waals surface area (Å²) >= 11 is 0. The van der Waals surface area contributed by atoms with Crippen molar-refractivity contribution in [2.75, 3.05) is 19.3 Å². The first-order valence-corrected chi connectivity index (χ1v) is 5.72. The van der Waals surface area contributed by atoms with E-state index in [0.29, 0.717) is 19.5 Å². The minimum Gasteiger partial charge on any atom is -1.00 e. The molecule has 13 heavy (non-hydrogen) atoms. The van der Waals surface area contributed by atoms with Gasteiger partial charge in [0.1, 0.15) is 0 Å². The third kappa shape index (κ3) is 32.0. The minimum absolute atomic E-state index is 0. The van der Waals surface area contributed by atoms with Crippen molar-refractivity contribution in [2.45, 2.75) is 19.8 Å². The second-order valence-electron chi connectivity index (χ2n) is 2.32. The largest absolute Gasteiger partial charge is 1.00 e. The molecule has 0 aromatic carbocycles. The summed E-state index contributed by atoms with van der Waals surface area (Å²) in [5.41, 5.74) is 9.81. The van der Waals surface area contributed by atoms with Gasteiger partial charge in [0.15, 0.2) is 0 Å². The van der Waals surface area contributed by atoms with Crippen molar-refractivity contribution in [3.05, 3.63) is 0 Å². The Kier molecular flexibility index (Phi) is 19.7. The van der Waals surface area contributed by atoms with Crippen LogP contribution < -0.4 is 41.0 Å². The van der Waals surface area contributed by atoms with E-state index in [9.17, 15) is 4.57 Å². The first-order valence-electron chi connectivity index (χ1n) is 3.92. The van der Waals surface area contributed by atoms with Crippen molar-refractivity contribution in [3.8, 4) is 0 Å². The number of rotatable bonds is 4. The van der Waals surface area contributed by atoms with Gasteiger partial charge in [-0.05, 0) is 6.42 Å². The molecule has 7 heteroatoms. The molecule has 0 bridgehead atoms. The van der Waals surface area contributed by atoms with Crippen LogP contribution in [-0.4, -0.2) is 29.0 Å². The second kappa shape index (κ2) is 13.1. The fraction of sp³-hybridized carbons (Fsp3) is 1.00. The van der Waals surface area contributed by atoms with Crippen LogP contribution in [0.3, 0.4) is 0 Å². The van der Waals surface area contributed by atoms with E-state index in [4.69, 9.17) is 21.3 Å². The van der Waals surface area contributed by atoms with Crippen LogP contribution in [0.4, 0.5) is 0 Å². The molecule has 0 aromatic rings. The topological polar surface area (TPSA) is 110 Å². The van der Waals surface area contributed by atoms with Crippen LogP contribution in [0, 0.1) is 0 Å². The van der Waals surface area contributed by atoms with Gasteiger partial charge in [0.25, 0.3) is 0 Å². The molecule has 0 rings (SSSR count). The molecule has 0 amide bonds. The van der Waals surface area contributed by atoms with Crippen molar-refractivity contribution in [2.24, 2.45) is 11.5 Å². The zero-order chi connectivity index (χ0) is 10.0. The number of nitrogens with two attached hydrogens (primary N) is 2. The molecule has 0 heterocycles. The molecule has 0 saturated heterocycles. The smallest absolute Gasteiger partial charge is 1.00 e. The van der Waals surface area contributed by atoms with Crippen LogP contribution in [0.25, 0.3) is 0 Å². The Labute approximate surface area is 103 Å². The molecule has 0 aliphatic rings. The summed E-state index contributed by atoms with van der Waals surface area (Å²) in [5.74, 6) is 0. The van der Waals surface area contributed by atoms with Gasteiger partial charge in [-0.2, -0.15) is 0 Å². The summed E-state index contributed by atoms with van der Waals surface area (Å²) in [6.45, 7) is 3.09. The Morgan fingerprint density at radius 3 is 1.77 bits per heavy atom. The maximum absolute atomic E-state index is 10.1. The maximum Gasteiger partial charge on any atom is 1.00 e. The molecule has 0 atom stereocenters. The fourth-order valence-corrected chi connectivity index (χ4v) is 1.09. The van der Waals surface area contributed by atoms with E-state index < -0.39 is 7.60 Å². The van der Waals surface area contributed by atoms with Crippen molar-refractivity contribution < 1.29 is 45.3 Å². The molecular formula is C6H20N2NaO3P. The second-order valence-corrected chi connectivity index (χ2v) is 4.10. The van der Waals surface area contributed by atoms with E-state index in [-0.39, 0.29) is 37.1 Å². The Bertz CT molecular complexity index is 134. The van der Waals surface area contributed by atoms with Crippen LogP contribution >= 0.6 is 7.60 Å². The standard InChI is InChI=1S/C4H11O3P.C2H8N2.Na.H/c1-2-3-4-8(5,6)7;3-1-2-4;;/h2-4H2,1H3,(H2,5,6,7);1-4H2;;/q;;+1;-1. The third-order valence-corrected chi connectivity index (χ3v) is 1.87. The van der Waals surface area contributed by atoms with Gasteiger partial charge >= 0.3 is 37.2 Å². The van der Waals surface area contributed by atoms with E-state index in [1.807, 2.05) is 6.92 Å². The van der Waals surface area contributed by atoms with Gasteiger partial charge in [-0.25, -0.2) is 0 Å². The summed E-state index contributed by atoms with van der Waals surface area (Å²) in [6, 6.07) is 0. The van der Waals surface area contributed by atoms with E-state index in [1.165, 1.54) is 0 Å². The molecule has 0 aromatic heterocycles. The fourth-order valence-electron chi connectivity index (χ4n) is 0.364. The van der Waals surface area contributed by atoms with Crippen molar-refractivity contribution in [3.63, 3.8) is 0 Å². The van der Waals surface area contributed by atoms with Crippen LogP contribution in [0.1, 0.15) is 21.2 Å². The van der Waals surface area contributed by atoms with E-state index in [0.717, 1.165) is 6.42 Å². The zero-order valence-corrected chi connectivity index (χ0v) is 11.3. The van der Waals surface area contributed by atoms with E-state index in [2.05, 4.69) is 0 Å². The van der Waals surface area contributed by atoms with Gasteiger partial charge in [-0.1, -0.05) is 13.3 Å². The molecule has 0 fully saturated rings. The summed E-state index contributed by atoms with van der Waals surface area (Å²) in [5, 5.41) is 0. The van der Waals surface area contributed by atoms with Crippen LogP contribution in [0.15, 0.2) is 0 Å². The Morgan fingerprint density at radius 1 is 1.31 bits per heavy atom. The molecule has 0 aliphatic carbocycles. The van der Waals surface area contributed by atoms with E-state index >= 15 is 0 Å². The van der Waals surface area contributed by atoms with Crippen molar-refractivity contribution in [1.29, 1.82) is 0 Å². The third-order valence-electron chi connectivity index (χ3n) is 0.970. The van der Waals surface area contributed by atoms with Crippen molar-refractivity contribution in [1.82, 2.24) is 0 Å². The zero-order valence-electron chi connectivity index (χ0n) is 9.44. The van der Waals surface area contributed by atoms with Gasteiger partial charge in [0, 0.05) is 19.3 Å². The van der Waals surface area contributed by atoms with Crippen LogP contribution in [-0.2, 0) is 4.57 Å². The Morgan fingerprint density at radius 2 is 1.69 bits per heavy atom. The van der Waals surface area contributed by atoms with Gasteiger partial charge in [0.2, 0.25) is 0 Å². The molecule has 0 unspecified atom stereocenters. The SMILES string of the molecule is CCCCP(=O)(O)O.NCCN.[H-].[Na+]. The number of unbranched alkanes of at least 4 members (excludes halogenated alkanes) is 1. The Hall–Kier alpha value is 1.07. The molecule has 0 radical (unpaired) electrons. The van der Waals surface area contributed by atoms with Gasteiger partial charge < -0.3 is 22.7 Å². The molecule has 78 valence electrons. The van der Waals surface area contributed by atoms with E-state index in [1.54, 1.807) is 0 Å². The molecule has 5 nitrogen and oxygen atoms in total. The van der Waals surface area contributed by atoms with Gasteiger partial charge in [-0.15, -0.1) is 0 Å². The molecule has 0 aliphatic heterocycles. The average Bonchev–Trinajstić information content (AvgIpc) is 2.00. The first kappa shape index (κ1) is 19.6. The van der Waals surface area contributed by atoms with Gasteiger partial charge in [-0.3, -0.25) is 4.57 Å². The minimum atomic E-state index is -3.68. The predicted molar refractivity (Wildman–Crippen MR) is 51.0 cm³/mol. The quantitative estimate of drug-likeness (QED) is 0.299. The molecule has 0 spiro atoms. The molecule has 6 N–H and O–H groups in total. The summed E-state index contributed by atoms with van der Waals surface area (Å²) in [7, 11) is -3.68. The summed E-state index contributed by atoms with van der Waals surface area (Å²) < 4.78 is 10.1.